The first-order valence-electron chi connectivity index (χ1n) is 10.1. The molecule has 0 aliphatic rings. The van der Waals surface area contributed by atoms with Crippen molar-refractivity contribution in [3.8, 4) is 0 Å². The highest BCUT2D eigenvalue weighted by Gasteiger charge is 2.33. The van der Waals surface area contributed by atoms with Crippen LogP contribution in [0.15, 0.2) is 59.5 Å². The number of allylic oxidation sites excluding steroid dienone is 3. The van der Waals surface area contributed by atoms with Crippen molar-refractivity contribution in [2.75, 3.05) is 0 Å². The van der Waals surface area contributed by atoms with Gasteiger partial charge in [0, 0.05) is 5.70 Å². The SMILES string of the molecule is C=C(C=C(Cl)C(=CCC)OCc1cccc(C(F)(F)F)c1)NC(=O)c1c(F)c(F)c(F)c(F)c1C(=O)O. The number of amides is 1. The average molecular weight is 552 g/mol. The summed E-state index contributed by atoms with van der Waals surface area (Å²) in [7, 11) is 0. The van der Waals surface area contributed by atoms with Crippen molar-refractivity contribution in [1.29, 1.82) is 0 Å². The molecule has 2 N–H and O–H groups in total. The third kappa shape index (κ3) is 7.13. The lowest BCUT2D eigenvalue weighted by Gasteiger charge is -2.13. The summed E-state index contributed by atoms with van der Waals surface area (Å²) in [4.78, 5) is 23.6. The maximum Gasteiger partial charge on any atom is 0.416 e. The van der Waals surface area contributed by atoms with Gasteiger partial charge in [-0.3, -0.25) is 4.79 Å². The van der Waals surface area contributed by atoms with Gasteiger partial charge >= 0.3 is 12.1 Å². The Morgan fingerprint density at radius 1 is 1.08 bits per heavy atom. The normalized spacial score (nSPS) is 12.4. The zero-order valence-electron chi connectivity index (χ0n) is 18.8. The van der Waals surface area contributed by atoms with Crippen LogP contribution in [-0.2, 0) is 17.5 Å². The van der Waals surface area contributed by atoms with E-state index in [2.05, 4.69) is 6.58 Å². The van der Waals surface area contributed by atoms with Crippen LogP contribution >= 0.6 is 11.6 Å². The maximum absolute atomic E-state index is 14.1. The van der Waals surface area contributed by atoms with E-state index in [0.29, 0.717) is 6.42 Å². The van der Waals surface area contributed by atoms with E-state index in [4.69, 9.17) is 21.4 Å². The third-order valence-electron chi connectivity index (χ3n) is 4.56. The Hall–Kier alpha value is -3.80. The monoisotopic (exact) mass is 551 g/mol. The quantitative estimate of drug-likeness (QED) is 0.118. The van der Waals surface area contributed by atoms with Crippen molar-refractivity contribution in [3.05, 3.63) is 105 Å². The maximum atomic E-state index is 14.1. The molecule has 0 unspecified atom stereocenters. The van der Waals surface area contributed by atoms with Crippen molar-refractivity contribution >= 4 is 23.5 Å². The molecule has 0 saturated carbocycles. The zero-order chi connectivity index (χ0) is 28.1. The molecule has 198 valence electrons. The van der Waals surface area contributed by atoms with E-state index in [9.17, 15) is 40.3 Å². The summed E-state index contributed by atoms with van der Waals surface area (Å²) in [6.07, 6.45) is -1.83. The summed E-state index contributed by atoms with van der Waals surface area (Å²) in [5, 5.41) is 10.7. The number of carboxylic acid groups (broad SMARTS) is 1. The lowest BCUT2D eigenvalue weighted by atomic mass is 10.0. The molecule has 0 aliphatic carbocycles. The van der Waals surface area contributed by atoms with E-state index < -0.39 is 63.7 Å². The molecule has 0 spiro atoms. The fourth-order valence-electron chi connectivity index (χ4n) is 2.92. The van der Waals surface area contributed by atoms with Crippen molar-refractivity contribution in [2.45, 2.75) is 26.1 Å². The summed E-state index contributed by atoms with van der Waals surface area (Å²) in [6, 6.07) is 4.31. The number of ether oxygens (including phenoxy) is 1. The predicted molar refractivity (Wildman–Crippen MR) is 118 cm³/mol. The molecule has 37 heavy (non-hydrogen) atoms. The molecule has 1 amide bonds. The Kier molecular flexibility index (Phi) is 9.51. The van der Waals surface area contributed by atoms with Crippen molar-refractivity contribution < 1.29 is 50.2 Å². The van der Waals surface area contributed by atoms with Crippen molar-refractivity contribution in [2.24, 2.45) is 0 Å². The summed E-state index contributed by atoms with van der Waals surface area (Å²) in [5.74, 6) is -13.3. The Balaban J connectivity index is 2.25. The highest BCUT2D eigenvalue weighted by molar-refractivity contribution is 6.32. The Bertz CT molecular complexity index is 1300. The molecule has 0 bridgehead atoms. The van der Waals surface area contributed by atoms with E-state index in [1.165, 1.54) is 18.2 Å². The van der Waals surface area contributed by atoms with Crippen LogP contribution in [0.25, 0.3) is 0 Å². The van der Waals surface area contributed by atoms with Crippen LogP contribution in [0, 0.1) is 23.3 Å². The summed E-state index contributed by atoms with van der Waals surface area (Å²) in [5.41, 5.74) is -4.53. The predicted octanol–water partition coefficient (Wildman–Crippen LogP) is 6.84. The summed E-state index contributed by atoms with van der Waals surface area (Å²) < 4.78 is 99.2. The number of halogens is 8. The van der Waals surface area contributed by atoms with Gasteiger partial charge in [0.2, 0.25) is 0 Å². The van der Waals surface area contributed by atoms with Gasteiger partial charge in [0.25, 0.3) is 5.91 Å². The standard InChI is InChI=1S/C24H17ClF7NO4/c1-3-5-15(37-10-12-6-4-7-13(9-12)24(30,31)32)14(25)8-11(2)33-22(34)16-17(23(35)36)19(27)21(29)20(28)18(16)26/h4-9H,2-3,10H2,1H3,(H,33,34)(H,35,36). The van der Waals surface area contributed by atoms with E-state index in [-0.39, 0.29) is 23.0 Å². The van der Waals surface area contributed by atoms with Gasteiger partial charge < -0.3 is 15.2 Å². The van der Waals surface area contributed by atoms with E-state index in [0.717, 1.165) is 18.2 Å². The van der Waals surface area contributed by atoms with Gasteiger partial charge in [0.05, 0.1) is 16.2 Å². The van der Waals surface area contributed by atoms with Crippen LogP contribution < -0.4 is 5.32 Å². The largest absolute Gasteiger partial charge is 0.488 e. The fraction of sp³-hybridized carbons (Fsp3) is 0.167. The number of hydrogen-bond donors (Lipinski definition) is 2. The zero-order valence-corrected chi connectivity index (χ0v) is 19.5. The van der Waals surface area contributed by atoms with Crippen LogP contribution in [0.4, 0.5) is 30.7 Å². The minimum atomic E-state index is -4.57. The molecule has 0 aliphatic heterocycles. The van der Waals surface area contributed by atoms with Gasteiger partial charge in [-0.2, -0.15) is 13.2 Å². The van der Waals surface area contributed by atoms with Gasteiger partial charge in [-0.15, -0.1) is 0 Å². The second-order valence-electron chi connectivity index (χ2n) is 7.25. The van der Waals surface area contributed by atoms with Gasteiger partial charge in [0.15, 0.2) is 23.3 Å². The number of alkyl halides is 3. The minimum absolute atomic E-state index is 0.0479. The highest BCUT2D eigenvalue weighted by atomic mass is 35.5. The highest BCUT2D eigenvalue weighted by Crippen LogP contribution is 2.30. The fourth-order valence-corrected chi connectivity index (χ4v) is 3.19. The first kappa shape index (κ1) is 29.4. The average Bonchev–Trinajstić information content (AvgIpc) is 2.81. The van der Waals surface area contributed by atoms with Crippen LogP contribution in [0.1, 0.15) is 45.2 Å². The van der Waals surface area contributed by atoms with Crippen LogP contribution in [0.2, 0.25) is 0 Å². The van der Waals surface area contributed by atoms with Crippen molar-refractivity contribution in [1.82, 2.24) is 5.32 Å². The molecule has 0 radical (unpaired) electrons. The molecule has 2 aromatic carbocycles. The molecule has 0 atom stereocenters. The van der Waals surface area contributed by atoms with E-state index >= 15 is 0 Å². The number of carbonyl (C=O) groups excluding carboxylic acids is 1. The van der Waals surface area contributed by atoms with Gasteiger partial charge in [-0.1, -0.05) is 37.2 Å². The van der Waals surface area contributed by atoms with Gasteiger partial charge in [0.1, 0.15) is 17.9 Å². The molecule has 2 rings (SSSR count). The molecule has 13 heteroatoms. The number of benzene rings is 2. The number of aromatic carboxylic acids is 1. The lowest BCUT2D eigenvalue weighted by molar-refractivity contribution is -0.137. The Labute approximate surface area is 210 Å². The number of hydrogen-bond acceptors (Lipinski definition) is 3. The third-order valence-corrected chi connectivity index (χ3v) is 4.85. The first-order chi connectivity index (χ1) is 17.2. The van der Waals surface area contributed by atoms with Crippen molar-refractivity contribution in [3.63, 3.8) is 0 Å². The summed E-state index contributed by atoms with van der Waals surface area (Å²) in [6.45, 7) is 4.74. The number of carboxylic acids is 1. The number of nitrogens with one attached hydrogen (secondary N) is 1. The van der Waals surface area contributed by atoms with E-state index in [1.54, 1.807) is 6.92 Å². The molecule has 5 nitrogen and oxygen atoms in total. The first-order valence-corrected chi connectivity index (χ1v) is 10.5. The molecular formula is C24H17ClF7NO4. The molecule has 2 aromatic rings. The molecule has 0 heterocycles. The summed E-state index contributed by atoms with van der Waals surface area (Å²) >= 11 is 6.14. The lowest BCUT2D eigenvalue weighted by Crippen LogP contribution is -2.27. The van der Waals surface area contributed by atoms with Crippen LogP contribution in [-0.4, -0.2) is 17.0 Å². The van der Waals surface area contributed by atoms with Gasteiger partial charge in [-0.05, 0) is 36.3 Å². The van der Waals surface area contributed by atoms with Gasteiger partial charge in [-0.25, -0.2) is 22.4 Å². The van der Waals surface area contributed by atoms with E-state index in [1.807, 2.05) is 5.32 Å². The minimum Gasteiger partial charge on any atom is -0.488 e. The second-order valence-corrected chi connectivity index (χ2v) is 7.65. The second kappa shape index (κ2) is 12.0. The molecular weight excluding hydrogens is 535 g/mol. The smallest absolute Gasteiger partial charge is 0.416 e. The molecule has 0 saturated heterocycles. The number of carbonyl (C=O) groups is 2. The number of rotatable bonds is 9. The Morgan fingerprint density at radius 3 is 2.22 bits per heavy atom. The Morgan fingerprint density at radius 2 is 1.68 bits per heavy atom. The van der Waals surface area contributed by atoms with Crippen LogP contribution in [0.3, 0.4) is 0 Å². The molecule has 0 fully saturated rings. The topological polar surface area (TPSA) is 75.6 Å². The van der Waals surface area contributed by atoms with Crippen LogP contribution in [0.5, 0.6) is 0 Å². The molecule has 0 aromatic heterocycles.